The van der Waals surface area contributed by atoms with Gasteiger partial charge in [-0.15, -0.1) is 11.3 Å². The van der Waals surface area contributed by atoms with Gasteiger partial charge in [-0.2, -0.15) is 0 Å². The molecule has 2 aliphatic rings. The lowest BCUT2D eigenvalue weighted by atomic mass is 10.1. The third kappa shape index (κ3) is 3.72. The fourth-order valence-corrected chi connectivity index (χ4v) is 3.77. The van der Waals surface area contributed by atoms with E-state index in [1.165, 1.54) is 38.5 Å². The number of thiazole rings is 1. The van der Waals surface area contributed by atoms with Gasteiger partial charge in [-0.25, -0.2) is 9.78 Å². The van der Waals surface area contributed by atoms with Crippen LogP contribution in [0.4, 0.5) is 4.79 Å². The topological polar surface area (TPSA) is 54.0 Å². The van der Waals surface area contributed by atoms with Gasteiger partial charge in [0.25, 0.3) is 0 Å². The van der Waals surface area contributed by atoms with Crippen LogP contribution in [0.15, 0.2) is 11.6 Å². The highest BCUT2D eigenvalue weighted by Crippen LogP contribution is 2.41. The van der Waals surface area contributed by atoms with Gasteiger partial charge in [-0.3, -0.25) is 0 Å². The van der Waals surface area contributed by atoms with E-state index in [-0.39, 0.29) is 12.1 Å². The summed E-state index contributed by atoms with van der Waals surface area (Å²) in [5.41, 5.74) is 0. The molecule has 0 saturated heterocycles. The van der Waals surface area contributed by atoms with Crippen molar-refractivity contribution in [2.24, 2.45) is 5.92 Å². The van der Waals surface area contributed by atoms with Crippen molar-refractivity contribution in [3.8, 4) is 0 Å². The maximum absolute atomic E-state index is 12.2. The van der Waals surface area contributed by atoms with E-state index in [0.29, 0.717) is 12.0 Å². The van der Waals surface area contributed by atoms with Crippen LogP contribution in [0.5, 0.6) is 0 Å². The van der Waals surface area contributed by atoms with Gasteiger partial charge >= 0.3 is 6.03 Å². The molecule has 3 rings (SSSR count). The molecule has 110 valence electrons. The van der Waals surface area contributed by atoms with E-state index in [4.69, 9.17) is 0 Å². The monoisotopic (exact) mass is 293 g/mol. The van der Waals surface area contributed by atoms with Gasteiger partial charge < -0.3 is 10.6 Å². The van der Waals surface area contributed by atoms with Crippen LogP contribution >= 0.6 is 11.3 Å². The summed E-state index contributed by atoms with van der Waals surface area (Å²) in [7, 11) is 0. The van der Waals surface area contributed by atoms with Crippen molar-refractivity contribution >= 4 is 17.4 Å². The lowest BCUT2D eigenvalue weighted by Crippen LogP contribution is -2.43. The molecule has 0 radical (unpaired) electrons. The van der Waals surface area contributed by atoms with E-state index in [1.54, 1.807) is 11.3 Å². The Balaban J connectivity index is 1.54. The molecule has 5 heteroatoms. The highest BCUT2D eigenvalue weighted by atomic mass is 32.1. The molecule has 20 heavy (non-hydrogen) atoms. The molecule has 2 fully saturated rings. The molecule has 1 aromatic heterocycles. The van der Waals surface area contributed by atoms with Crippen molar-refractivity contribution < 1.29 is 4.79 Å². The number of rotatable bonds is 4. The molecular formula is C15H23N3OS. The van der Waals surface area contributed by atoms with Gasteiger partial charge in [0.15, 0.2) is 0 Å². The predicted molar refractivity (Wildman–Crippen MR) is 80.7 cm³/mol. The highest BCUT2D eigenvalue weighted by molar-refractivity contribution is 7.09. The Hall–Kier alpha value is -1.10. The van der Waals surface area contributed by atoms with Crippen LogP contribution in [0.25, 0.3) is 0 Å². The number of hydrogen-bond donors (Lipinski definition) is 2. The summed E-state index contributed by atoms with van der Waals surface area (Å²) in [5, 5.41) is 9.33. The maximum atomic E-state index is 12.2. The Morgan fingerprint density at radius 3 is 2.55 bits per heavy atom. The normalized spacial score (nSPS) is 22.0. The Kier molecular flexibility index (Phi) is 4.55. The first-order chi connectivity index (χ1) is 9.83. The van der Waals surface area contributed by atoms with Gasteiger partial charge in [0, 0.05) is 17.6 Å². The zero-order valence-electron chi connectivity index (χ0n) is 11.8. The van der Waals surface area contributed by atoms with Crippen LogP contribution in [0.2, 0.25) is 0 Å². The standard InChI is InChI=1S/C15H23N3OS/c19-15(17-12-5-3-1-2-4-6-12)18-13(11-7-8-11)14-16-9-10-20-14/h9-13H,1-8H2,(H2,17,18,19)/t13-/m1/s1. The molecule has 1 heterocycles. The molecule has 2 saturated carbocycles. The molecule has 2 N–H and O–H groups in total. The number of carbonyl (C=O) groups is 1. The lowest BCUT2D eigenvalue weighted by Gasteiger charge is -2.20. The lowest BCUT2D eigenvalue weighted by molar-refractivity contribution is 0.230. The number of hydrogen-bond acceptors (Lipinski definition) is 3. The number of amides is 2. The Morgan fingerprint density at radius 1 is 1.20 bits per heavy atom. The number of nitrogens with one attached hydrogen (secondary N) is 2. The van der Waals surface area contributed by atoms with Crippen molar-refractivity contribution in [1.29, 1.82) is 0 Å². The van der Waals surface area contributed by atoms with Gasteiger partial charge in [-0.1, -0.05) is 25.7 Å². The second kappa shape index (κ2) is 6.57. The minimum absolute atomic E-state index is 0.0102. The van der Waals surface area contributed by atoms with E-state index in [2.05, 4.69) is 15.6 Å². The van der Waals surface area contributed by atoms with E-state index in [1.807, 2.05) is 11.6 Å². The molecule has 1 aromatic rings. The zero-order chi connectivity index (χ0) is 13.8. The molecule has 0 unspecified atom stereocenters. The van der Waals surface area contributed by atoms with E-state index in [0.717, 1.165) is 17.8 Å². The van der Waals surface area contributed by atoms with E-state index >= 15 is 0 Å². The van der Waals surface area contributed by atoms with Crippen LogP contribution in [-0.4, -0.2) is 17.1 Å². The van der Waals surface area contributed by atoms with Crippen molar-refractivity contribution in [2.45, 2.75) is 63.5 Å². The molecule has 0 aromatic carbocycles. The molecule has 2 amide bonds. The molecule has 4 nitrogen and oxygen atoms in total. The first-order valence-electron chi connectivity index (χ1n) is 7.79. The summed E-state index contributed by atoms with van der Waals surface area (Å²) in [6.07, 6.45) is 11.6. The summed E-state index contributed by atoms with van der Waals surface area (Å²) in [4.78, 5) is 16.6. The van der Waals surface area contributed by atoms with Crippen LogP contribution in [0.1, 0.15) is 62.4 Å². The summed E-state index contributed by atoms with van der Waals surface area (Å²) in [5.74, 6) is 0.584. The summed E-state index contributed by atoms with van der Waals surface area (Å²) in [6, 6.07) is 0.457. The number of nitrogens with zero attached hydrogens (tertiary/aromatic N) is 1. The number of aromatic nitrogens is 1. The van der Waals surface area contributed by atoms with Gasteiger partial charge in [0.1, 0.15) is 5.01 Å². The number of carbonyl (C=O) groups excluding carboxylic acids is 1. The van der Waals surface area contributed by atoms with E-state index in [9.17, 15) is 4.79 Å². The van der Waals surface area contributed by atoms with Crippen molar-refractivity contribution in [3.63, 3.8) is 0 Å². The fourth-order valence-electron chi connectivity index (χ4n) is 2.99. The van der Waals surface area contributed by atoms with Crippen molar-refractivity contribution in [3.05, 3.63) is 16.6 Å². The Labute approximate surface area is 124 Å². The van der Waals surface area contributed by atoms with Crippen LogP contribution in [0.3, 0.4) is 0 Å². The SMILES string of the molecule is O=C(NC1CCCCCC1)N[C@@H](c1nccs1)C1CC1. The smallest absolute Gasteiger partial charge is 0.315 e. The predicted octanol–water partition coefficient (Wildman–Crippen LogP) is 3.62. The molecule has 2 aliphatic carbocycles. The summed E-state index contributed by atoms with van der Waals surface area (Å²) < 4.78 is 0. The first-order valence-corrected chi connectivity index (χ1v) is 8.67. The first kappa shape index (κ1) is 13.9. The van der Waals surface area contributed by atoms with Crippen molar-refractivity contribution in [2.75, 3.05) is 0 Å². The Bertz CT molecular complexity index is 422. The van der Waals surface area contributed by atoms with E-state index < -0.39 is 0 Å². The van der Waals surface area contributed by atoms with Crippen LogP contribution < -0.4 is 10.6 Å². The third-order valence-corrected chi connectivity index (χ3v) is 5.15. The van der Waals surface area contributed by atoms with Gasteiger partial charge in [-0.05, 0) is 31.6 Å². The minimum Gasteiger partial charge on any atom is -0.335 e. The average molecular weight is 293 g/mol. The van der Waals surface area contributed by atoms with Crippen LogP contribution in [-0.2, 0) is 0 Å². The highest BCUT2D eigenvalue weighted by Gasteiger charge is 2.35. The maximum Gasteiger partial charge on any atom is 0.315 e. The molecule has 0 spiro atoms. The van der Waals surface area contributed by atoms with Gasteiger partial charge in [0.2, 0.25) is 0 Å². The molecule has 0 aliphatic heterocycles. The third-order valence-electron chi connectivity index (χ3n) is 4.29. The second-order valence-electron chi connectivity index (χ2n) is 5.99. The van der Waals surface area contributed by atoms with Gasteiger partial charge in [0.05, 0.1) is 6.04 Å². The largest absolute Gasteiger partial charge is 0.335 e. The molecule has 1 atom stereocenters. The average Bonchev–Trinajstić information content (AvgIpc) is 3.19. The second-order valence-corrected chi connectivity index (χ2v) is 6.92. The molecule has 0 bridgehead atoms. The molecular weight excluding hydrogens is 270 g/mol. The van der Waals surface area contributed by atoms with Crippen molar-refractivity contribution in [1.82, 2.24) is 15.6 Å². The zero-order valence-corrected chi connectivity index (χ0v) is 12.6. The summed E-state index contributed by atoms with van der Waals surface area (Å²) >= 11 is 1.64. The fraction of sp³-hybridized carbons (Fsp3) is 0.733. The quantitative estimate of drug-likeness (QED) is 0.833. The summed E-state index contributed by atoms with van der Waals surface area (Å²) in [6.45, 7) is 0. The number of urea groups is 1. The van der Waals surface area contributed by atoms with Crippen LogP contribution in [0, 0.1) is 5.92 Å². The minimum atomic E-state index is -0.0102. The Morgan fingerprint density at radius 2 is 1.95 bits per heavy atom.